The van der Waals surface area contributed by atoms with Gasteiger partial charge in [0.1, 0.15) is 5.75 Å². The van der Waals surface area contributed by atoms with Crippen LogP contribution in [0.5, 0.6) is 5.75 Å². The van der Waals surface area contributed by atoms with Crippen molar-refractivity contribution >= 4 is 11.6 Å². The first-order valence-corrected chi connectivity index (χ1v) is 9.53. The zero-order valence-corrected chi connectivity index (χ0v) is 14.6. The van der Waals surface area contributed by atoms with Gasteiger partial charge in [-0.15, -0.1) is 0 Å². The molecule has 4 fully saturated rings. The second-order valence-electron chi connectivity index (χ2n) is 8.72. The standard InChI is InChI=1S/C20H26N2O3/c1-11-2-3-16-15(4-11)21-10-17(25-16)19(23)22-18-13-5-12-6-14(18)9-20(24,7-12)8-13/h2-4,12-14,17-18,21,24H,5-10H2,1H3,(H,22,23)/t12?,13-,14+,17?,18?,20?. The van der Waals surface area contributed by atoms with Crippen LogP contribution >= 0.6 is 0 Å². The summed E-state index contributed by atoms with van der Waals surface area (Å²) in [5, 5.41) is 17.3. The van der Waals surface area contributed by atoms with Gasteiger partial charge in [0.05, 0.1) is 17.8 Å². The van der Waals surface area contributed by atoms with Gasteiger partial charge in [0, 0.05) is 6.04 Å². The van der Waals surface area contributed by atoms with E-state index in [2.05, 4.69) is 10.6 Å². The van der Waals surface area contributed by atoms with E-state index in [-0.39, 0.29) is 11.9 Å². The van der Waals surface area contributed by atoms with Crippen LogP contribution in [0.15, 0.2) is 18.2 Å². The number of carbonyl (C=O) groups excluding carboxylic acids is 1. The number of aliphatic hydroxyl groups is 1. The fourth-order valence-electron chi connectivity index (χ4n) is 5.90. The van der Waals surface area contributed by atoms with Gasteiger partial charge < -0.3 is 20.5 Å². The first-order valence-electron chi connectivity index (χ1n) is 9.53. The Balaban J connectivity index is 1.28. The highest BCUT2D eigenvalue weighted by Crippen LogP contribution is 2.55. The van der Waals surface area contributed by atoms with E-state index in [1.807, 2.05) is 25.1 Å². The molecule has 25 heavy (non-hydrogen) atoms. The number of benzene rings is 1. The molecular weight excluding hydrogens is 316 g/mol. The third-order valence-corrected chi connectivity index (χ3v) is 6.72. The van der Waals surface area contributed by atoms with Crippen LogP contribution in [-0.4, -0.2) is 35.3 Å². The van der Waals surface area contributed by atoms with Crippen molar-refractivity contribution in [1.82, 2.24) is 5.32 Å². The van der Waals surface area contributed by atoms with Crippen LogP contribution in [-0.2, 0) is 4.79 Å². The maximum atomic E-state index is 12.8. The summed E-state index contributed by atoms with van der Waals surface area (Å²) in [5.41, 5.74) is 1.67. The molecule has 0 saturated heterocycles. The number of amides is 1. The SMILES string of the molecule is Cc1ccc2c(c1)NCC(C(=O)NC1[C@@H]3CC4C[C@H]1CC(O)(C4)C3)O2. The van der Waals surface area contributed by atoms with Crippen molar-refractivity contribution in [2.24, 2.45) is 17.8 Å². The fourth-order valence-corrected chi connectivity index (χ4v) is 5.90. The van der Waals surface area contributed by atoms with Crippen molar-refractivity contribution in [3.8, 4) is 5.75 Å². The van der Waals surface area contributed by atoms with Gasteiger partial charge in [-0.25, -0.2) is 0 Å². The molecule has 5 nitrogen and oxygen atoms in total. The van der Waals surface area contributed by atoms with E-state index in [1.165, 1.54) is 5.56 Å². The van der Waals surface area contributed by atoms with Gasteiger partial charge in [-0.3, -0.25) is 4.79 Å². The normalized spacial score (nSPS) is 40.8. The number of hydrogen-bond donors (Lipinski definition) is 3. The Morgan fingerprint density at radius 2 is 2.04 bits per heavy atom. The highest BCUT2D eigenvalue weighted by Gasteiger charge is 2.55. The molecule has 1 aromatic carbocycles. The van der Waals surface area contributed by atoms with Gasteiger partial charge in [-0.2, -0.15) is 0 Å². The van der Waals surface area contributed by atoms with E-state index in [1.54, 1.807) is 0 Å². The van der Waals surface area contributed by atoms with Gasteiger partial charge in [-0.1, -0.05) is 6.07 Å². The van der Waals surface area contributed by atoms with Crippen LogP contribution < -0.4 is 15.4 Å². The lowest BCUT2D eigenvalue weighted by molar-refractivity contribution is -0.149. The lowest BCUT2D eigenvalue weighted by Crippen LogP contribution is -2.63. The maximum absolute atomic E-state index is 12.8. The summed E-state index contributed by atoms with van der Waals surface area (Å²) in [4.78, 5) is 12.8. The fraction of sp³-hybridized carbons (Fsp3) is 0.650. The topological polar surface area (TPSA) is 70.6 Å². The number of aryl methyl sites for hydroxylation is 1. The molecule has 1 heterocycles. The molecule has 1 aromatic rings. The molecule has 5 aliphatic rings. The van der Waals surface area contributed by atoms with Crippen LogP contribution in [0.3, 0.4) is 0 Å². The summed E-state index contributed by atoms with van der Waals surface area (Å²) in [7, 11) is 0. The summed E-state index contributed by atoms with van der Waals surface area (Å²) in [6.07, 6.45) is 4.46. The minimum Gasteiger partial charge on any atom is -0.477 e. The lowest BCUT2D eigenvalue weighted by Gasteiger charge is -2.58. The highest BCUT2D eigenvalue weighted by molar-refractivity contribution is 5.83. The van der Waals surface area contributed by atoms with E-state index in [0.717, 1.165) is 43.5 Å². The Morgan fingerprint density at radius 1 is 1.28 bits per heavy atom. The van der Waals surface area contributed by atoms with Crippen molar-refractivity contribution in [2.75, 3.05) is 11.9 Å². The second kappa shape index (κ2) is 5.37. The average Bonchev–Trinajstić information content (AvgIpc) is 2.56. The summed E-state index contributed by atoms with van der Waals surface area (Å²) in [6.45, 7) is 2.54. The quantitative estimate of drug-likeness (QED) is 0.771. The molecule has 6 rings (SSSR count). The molecule has 0 radical (unpaired) electrons. The molecule has 5 heteroatoms. The first kappa shape index (κ1) is 15.5. The summed E-state index contributed by atoms with van der Waals surface area (Å²) >= 11 is 0. The Labute approximate surface area is 148 Å². The van der Waals surface area contributed by atoms with Gasteiger partial charge in [0.25, 0.3) is 5.91 Å². The van der Waals surface area contributed by atoms with Crippen LogP contribution in [0.1, 0.15) is 37.7 Å². The monoisotopic (exact) mass is 342 g/mol. The van der Waals surface area contributed by atoms with Gasteiger partial charge in [-0.05, 0) is 74.5 Å². The maximum Gasteiger partial charge on any atom is 0.263 e. The van der Waals surface area contributed by atoms with Gasteiger partial charge in [0.15, 0.2) is 6.10 Å². The zero-order chi connectivity index (χ0) is 17.2. The van der Waals surface area contributed by atoms with E-state index < -0.39 is 11.7 Å². The third-order valence-electron chi connectivity index (χ3n) is 6.72. The van der Waals surface area contributed by atoms with Crippen LogP contribution in [0, 0.1) is 24.7 Å². The molecular formula is C20H26N2O3. The van der Waals surface area contributed by atoms with Crippen molar-refractivity contribution in [3.63, 3.8) is 0 Å². The number of anilines is 1. The first-order chi connectivity index (χ1) is 12.0. The zero-order valence-electron chi connectivity index (χ0n) is 14.6. The molecule has 0 spiro atoms. The molecule has 4 saturated carbocycles. The Morgan fingerprint density at radius 3 is 2.76 bits per heavy atom. The predicted octanol–water partition coefficient (Wildman–Crippen LogP) is 2.22. The molecule has 4 unspecified atom stereocenters. The smallest absolute Gasteiger partial charge is 0.263 e. The Kier molecular flexibility index (Phi) is 3.33. The molecule has 4 aliphatic carbocycles. The molecule has 6 atom stereocenters. The molecule has 1 aliphatic heterocycles. The van der Waals surface area contributed by atoms with E-state index in [4.69, 9.17) is 4.74 Å². The summed E-state index contributed by atoms with van der Waals surface area (Å²) in [5.74, 6) is 2.22. The number of ether oxygens (including phenoxy) is 1. The molecule has 4 bridgehead atoms. The van der Waals surface area contributed by atoms with Crippen LogP contribution in [0.2, 0.25) is 0 Å². The predicted molar refractivity (Wildman–Crippen MR) is 94.5 cm³/mol. The molecule has 1 amide bonds. The third kappa shape index (κ3) is 2.60. The molecule has 3 N–H and O–H groups in total. The largest absolute Gasteiger partial charge is 0.477 e. The number of carbonyl (C=O) groups is 1. The molecule has 134 valence electrons. The summed E-state index contributed by atoms with van der Waals surface area (Å²) < 4.78 is 5.94. The minimum absolute atomic E-state index is 0.0248. The van der Waals surface area contributed by atoms with Gasteiger partial charge >= 0.3 is 0 Å². The number of fused-ring (bicyclic) bond motifs is 1. The Hall–Kier alpha value is -1.75. The Bertz CT molecular complexity index is 703. The lowest BCUT2D eigenvalue weighted by atomic mass is 9.52. The van der Waals surface area contributed by atoms with Crippen molar-refractivity contribution < 1.29 is 14.6 Å². The summed E-state index contributed by atoms with van der Waals surface area (Å²) in [6, 6.07) is 6.17. The number of nitrogens with one attached hydrogen (secondary N) is 2. The average molecular weight is 342 g/mol. The van der Waals surface area contributed by atoms with E-state index >= 15 is 0 Å². The van der Waals surface area contributed by atoms with Gasteiger partial charge in [0.2, 0.25) is 0 Å². The van der Waals surface area contributed by atoms with Crippen molar-refractivity contribution in [2.45, 2.75) is 56.8 Å². The van der Waals surface area contributed by atoms with Crippen LogP contribution in [0.4, 0.5) is 5.69 Å². The van der Waals surface area contributed by atoms with E-state index in [9.17, 15) is 9.90 Å². The van der Waals surface area contributed by atoms with Crippen LogP contribution in [0.25, 0.3) is 0 Å². The number of hydrogen-bond acceptors (Lipinski definition) is 4. The van der Waals surface area contributed by atoms with Crippen molar-refractivity contribution in [1.29, 1.82) is 0 Å². The highest BCUT2D eigenvalue weighted by atomic mass is 16.5. The van der Waals surface area contributed by atoms with Crippen molar-refractivity contribution in [3.05, 3.63) is 23.8 Å². The molecule has 0 aromatic heterocycles. The van der Waals surface area contributed by atoms with E-state index in [0.29, 0.717) is 24.3 Å². The minimum atomic E-state index is -0.490. The number of rotatable bonds is 2. The second-order valence-corrected chi connectivity index (χ2v) is 8.72.